The van der Waals surface area contributed by atoms with Gasteiger partial charge in [0.05, 0.1) is 23.6 Å². The fourth-order valence-electron chi connectivity index (χ4n) is 3.07. The van der Waals surface area contributed by atoms with Crippen molar-refractivity contribution < 1.29 is 23.2 Å². The molecule has 1 aliphatic rings. The Morgan fingerprint density at radius 2 is 2.04 bits per heavy atom. The zero-order chi connectivity index (χ0) is 20.3. The van der Waals surface area contributed by atoms with E-state index in [0.717, 1.165) is 18.5 Å². The standard InChI is InChI=1S/C17H17F2N5O4/c1-28-17(25)10-4-6-23(7-5-10)16-14(24(26)27)15(20-9-21-16)22-13-3-2-11(18)8-12(13)19/h2-3,8-10H,4-7H2,1H3,(H,20,21,22). The third kappa shape index (κ3) is 3.97. The Morgan fingerprint density at radius 1 is 1.32 bits per heavy atom. The molecule has 2 heterocycles. The smallest absolute Gasteiger partial charge is 0.353 e. The van der Waals surface area contributed by atoms with E-state index in [9.17, 15) is 23.7 Å². The van der Waals surface area contributed by atoms with Gasteiger partial charge < -0.3 is 15.0 Å². The van der Waals surface area contributed by atoms with Crippen molar-refractivity contribution >= 4 is 29.0 Å². The summed E-state index contributed by atoms with van der Waals surface area (Å²) in [5.41, 5.74) is -0.582. The minimum atomic E-state index is -0.909. The molecule has 1 aliphatic heterocycles. The lowest BCUT2D eigenvalue weighted by atomic mass is 9.97. The molecule has 0 amide bonds. The number of nitrogens with zero attached hydrogens (tertiary/aromatic N) is 4. The second-order valence-corrected chi connectivity index (χ2v) is 6.19. The molecule has 1 aromatic carbocycles. The van der Waals surface area contributed by atoms with Gasteiger partial charge in [-0.3, -0.25) is 14.9 Å². The average molecular weight is 393 g/mol. The second kappa shape index (κ2) is 8.11. The Labute approximate surface area is 158 Å². The van der Waals surface area contributed by atoms with Crippen molar-refractivity contribution in [2.45, 2.75) is 12.8 Å². The van der Waals surface area contributed by atoms with Crippen LogP contribution in [0.2, 0.25) is 0 Å². The molecule has 11 heteroatoms. The molecule has 1 fully saturated rings. The number of benzene rings is 1. The maximum Gasteiger partial charge on any atom is 0.353 e. The number of nitrogens with one attached hydrogen (secondary N) is 1. The Balaban J connectivity index is 1.88. The van der Waals surface area contributed by atoms with Crippen LogP contribution in [-0.2, 0) is 9.53 Å². The molecule has 0 radical (unpaired) electrons. The number of piperidine rings is 1. The Hall–Kier alpha value is -3.37. The monoisotopic (exact) mass is 393 g/mol. The zero-order valence-corrected chi connectivity index (χ0v) is 14.9. The molecule has 0 spiro atoms. The third-order valence-corrected chi connectivity index (χ3v) is 4.50. The predicted molar refractivity (Wildman–Crippen MR) is 95.3 cm³/mol. The first-order valence-corrected chi connectivity index (χ1v) is 8.45. The van der Waals surface area contributed by atoms with E-state index in [1.807, 2.05) is 0 Å². The second-order valence-electron chi connectivity index (χ2n) is 6.19. The molecule has 3 rings (SSSR count). The Bertz CT molecular complexity index is 903. The maximum atomic E-state index is 13.9. The van der Waals surface area contributed by atoms with E-state index in [0.29, 0.717) is 32.0 Å². The van der Waals surface area contributed by atoms with Crippen LogP contribution in [0.4, 0.5) is 31.8 Å². The van der Waals surface area contributed by atoms with Crippen LogP contribution in [0.1, 0.15) is 12.8 Å². The highest BCUT2D eigenvalue weighted by atomic mass is 19.1. The molecule has 0 saturated carbocycles. The van der Waals surface area contributed by atoms with Crippen molar-refractivity contribution in [3.63, 3.8) is 0 Å². The lowest BCUT2D eigenvalue weighted by Gasteiger charge is -2.31. The summed E-state index contributed by atoms with van der Waals surface area (Å²) in [6.45, 7) is 0.726. The molecule has 9 nitrogen and oxygen atoms in total. The number of hydrogen-bond acceptors (Lipinski definition) is 8. The van der Waals surface area contributed by atoms with Gasteiger partial charge in [-0.2, -0.15) is 0 Å². The molecule has 0 unspecified atom stereocenters. The molecule has 0 aliphatic carbocycles. The summed E-state index contributed by atoms with van der Waals surface area (Å²) in [7, 11) is 1.32. The van der Waals surface area contributed by atoms with E-state index in [1.165, 1.54) is 7.11 Å². The van der Waals surface area contributed by atoms with Gasteiger partial charge in [-0.05, 0) is 25.0 Å². The van der Waals surface area contributed by atoms with Gasteiger partial charge in [0.1, 0.15) is 18.0 Å². The Morgan fingerprint density at radius 3 is 2.64 bits per heavy atom. The van der Waals surface area contributed by atoms with Gasteiger partial charge in [-0.1, -0.05) is 0 Å². The molecule has 28 heavy (non-hydrogen) atoms. The minimum absolute atomic E-state index is 0.0633. The van der Waals surface area contributed by atoms with Crippen molar-refractivity contribution in [1.29, 1.82) is 0 Å². The van der Waals surface area contributed by atoms with Crippen molar-refractivity contribution in [2.24, 2.45) is 5.92 Å². The van der Waals surface area contributed by atoms with Gasteiger partial charge in [0.15, 0.2) is 0 Å². The largest absolute Gasteiger partial charge is 0.469 e. The number of anilines is 3. The number of hydrogen-bond donors (Lipinski definition) is 1. The summed E-state index contributed by atoms with van der Waals surface area (Å²) < 4.78 is 31.7. The number of rotatable bonds is 5. The van der Waals surface area contributed by atoms with Crippen LogP contribution in [0.5, 0.6) is 0 Å². The summed E-state index contributed by atoms with van der Waals surface area (Å²) in [6, 6.07) is 2.81. The average Bonchev–Trinajstić information content (AvgIpc) is 2.69. The van der Waals surface area contributed by atoms with Crippen LogP contribution in [0.3, 0.4) is 0 Å². The Kier molecular flexibility index (Phi) is 5.62. The molecule has 1 saturated heterocycles. The summed E-state index contributed by atoms with van der Waals surface area (Å²) >= 11 is 0. The molecule has 0 atom stereocenters. The van der Waals surface area contributed by atoms with Gasteiger partial charge in [0, 0.05) is 19.2 Å². The van der Waals surface area contributed by atoms with Gasteiger partial charge in [-0.15, -0.1) is 0 Å². The highest BCUT2D eigenvalue weighted by Crippen LogP contribution is 2.36. The number of halogens is 2. The van der Waals surface area contributed by atoms with Gasteiger partial charge in [-0.25, -0.2) is 18.7 Å². The van der Waals surface area contributed by atoms with Crippen molar-refractivity contribution in [3.05, 3.63) is 46.3 Å². The quantitative estimate of drug-likeness (QED) is 0.469. The van der Waals surface area contributed by atoms with E-state index in [-0.39, 0.29) is 29.2 Å². The summed E-state index contributed by atoms with van der Waals surface area (Å²) in [6.07, 6.45) is 2.05. The first-order chi connectivity index (χ1) is 13.4. The van der Waals surface area contributed by atoms with E-state index in [2.05, 4.69) is 15.3 Å². The number of carbonyl (C=O) groups excluding carboxylic acids is 1. The minimum Gasteiger partial charge on any atom is -0.469 e. The van der Waals surface area contributed by atoms with Crippen molar-refractivity contribution in [3.8, 4) is 0 Å². The predicted octanol–water partition coefficient (Wildman–Crippen LogP) is 2.80. The number of carbonyl (C=O) groups is 1. The first kappa shape index (κ1) is 19.4. The number of nitro groups is 1. The summed E-state index contributed by atoms with van der Waals surface area (Å²) in [5, 5.41) is 14.2. The topological polar surface area (TPSA) is 110 Å². The fourth-order valence-corrected chi connectivity index (χ4v) is 3.07. The van der Waals surface area contributed by atoms with Crippen LogP contribution < -0.4 is 10.2 Å². The molecule has 148 valence electrons. The van der Waals surface area contributed by atoms with E-state index in [1.54, 1.807) is 4.90 Å². The number of methoxy groups -OCH3 is 1. The molecule has 0 bridgehead atoms. The van der Waals surface area contributed by atoms with Crippen LogP contribution in [0.15, 0.2) is 24.5 Å². The number of aromatic nitrogens is 2. The van der Waals surface area contributed by atoms with Gasteiger partial charge in [0.25, 0.3) is 0 Å². The van der Waals surface area contributed by atoms with Crippen LogP contribution in [0, 0.1) is 27.7 Å². The molecule has 2 aromatic rings. The normalized spacial score (nSPS) is 14.6. The lowest BCUT2D eigenvalue weighted by molar-refractivity contribution is -0.383. The fraction of sp³-hybridized carbons (Fsp3) is 0.353. The summed E-state index contributed by atoms with van der Waals surface area (Å²) in [4.78, 5) is 32.2. The van der Waals surface area contributed by atoms with E-state index < -0.39 is 22.2 Å². The summed E-state index contributed by atoms with van der Waals surface area (Å²) in [5.74, 6) is -2.41. The highest BCUT2D eigenvalue weighted by Gasteiger charge is 2.32. The van der Waals surface area contributed by atoms with Crippen LogP contribution in [0.25, 0.3) is 0 Å². The maximum absolute atomic E-state index is 13.9. The van der Waals surface area contributed by atoms with Crippen molar-refractivity contribution in [2.75, 3.05) is 30.4 Å². The first-order valence-electron chi connectivity index (χ1n) is 8.45. The number of ether oxygens (including phenoxy) is 1. The third-order valence-electron chi connectivity index (χ3n) is 4.50. The number of esters is 1. The van der Waals surface area contributed by atoms with Gasteiger partial charge >= 0.3 is 11.7 Å². The molecular formula is C17H17F2N5O4. The van der Waals surface area contributed by atoms with E-state index in [4.69, 9.17) is 4.74 Å². The molecular weight excluding hydrogens is 376 g/mol. The SMILES string of the molecule is COC(=O)C1CCN(c2ncnc(Nc3ccc(F)cc3F)c2[N+](=O)[O-])CC1. The van der Waals surface area contributed by atoms with Crippen molar-refractivity contribution in [1.82, 2.24) is 9.97 Å². The van der Waals surface area contributed by atoms with Gasteiger partial charge in [0.2, 0.25) is 11.6 Å². The molecule has 1 aromatic heterocycles. The van der Waals surface area contributed by atoms with Crippen LogP contribution >= 0.6 is 0 Å². The lowest BCUT2D eigenvalue weighted by Crippen LogP contribution is -2.37. The van der Waals surface area contributed by atoms with E-state index >= 15 is 0 Å². The highest BCUT2D eigenvalue weighted by molar-refractivity contribution is 5.76. The molecule has 1 N–H and O–H groups in total. The van der Waals surface area contributed by atoms with Crippen LogP contribution in [-0.4, -0.2) is 41.1 Å². The zero-order valence-electron chi connectivity index (χ0n) is 14.9.